The van der Waals surface area contributed by atoms with Gasteiger partial charge in [0.1, 0.15) is 5.82 Å². The number of amides is 1. The highest BCUT2D eigenvalue weighted by molar-refractivity contribution is 5.94. The highest BCUT2D eigenvalue weighted by Gasteiger charge is 2.05. The maximum Gasteiger partial charge on any atom is 0.251 e. The molecule has 0 aliphatic carbocycles. The van der Waals surface area contributed by atoms with Gasteiger partial charge in [-0.1, -0.05) is 0 Å². The molecular weight excluding hydrogens is 257 g/mol. The summed E-state index contributed by atoms with van der Waals surface area (Å²) in [5.74, 6) is -0.524. The van der Waals surface area contributed by atoms with Crippen LogP contribution in [0.3, 0.4) is 0 Å². The summed E-state index contributed by atoms with van der Waals surface area (Å²) in [5, 5.41) is 7.17. The molecule has 1 aromatic heterocycles. The molecule has 0 bridgehead atoms. The third-order valence-electron chi connectivity index (χ3n) is 3.04. The van der Waals surface area contributed by atoms with Crippen LogP contribution in [0.25, 0.3) is 0 Å². The van der Waals surface area contributed by atoms with Crippen LogP contribution in [0.5, 0.6) is 0 Å². The van der Waals surface area contributed by atoms with Gasteiger partial charge in [-0.25, -0.2) is 4.39 Å². The first-order chi connectivity index (χ1) is 9.56. The first-order valence-electron chi connectivity index (χ1n) is 6.61. The van der Waals surface area contributed by atoms with Gasteiger partial charge < -0.3 is 5.32 Å². The minimum Gasteiger partial charge on any atom is -0.352 e. The molecule has 0 saturated carbocycles. The Balaban J connectivity index is 1.77. The number of benzene rings is 1. The zero-order chi connectivity index (χ0) is 14.5. The first-order valence-corrected chi connectivity index (χ1v) is 6.61. The standard InChI is InChI=1S/C15H18FN3O/c1-11-10-12(2)19(18-11)9-3-8-17-15(20)13-4-6-14(16)7-5-13/h4-7,10H,3,8-9H2,1-2H3,(H,17,20). The predicted molar refractivity (Wildman–Crippen MR) is 75.1 cm³/mol. The van der Waals surface area contributed by atoms with Crippen molar-refractivity contribution in [1.82, 2.24) is 15.1 Å². The molecule has 0 aliphatic heterocycles. The SMILES string of the molecule is Cc1cc(C)n(CCCNC(=O)c2ccc(F)cc2)n1. The van der Waals surface area contributed by atoms with Gasteiger partial charge >= 0.3 is 0 Å². The van der Waals surface area contributed by atoms with Crippen molar-refractivity contribution in [1.29, 1.82) is 0 Å². The molecule has 1 aromatic carbocycles. The molecule has 0 fully saturated rings. The topological polar surface area (TPSA) is 46.9 Å². The minimum atomic E-state index is -0.342. The number of halogens is 1. The second-order valence-corrected chi connectivity index (χ2v) is 4.77. The smallest absolute Gasteiger partial charge is 0.251 e. The van der Waals surface area contributed by atoms with Crippen molar-refractivity contribution in [3.05, 3.63) is 53.1 Å². The van der Waals surface area contributed by atoms with E-state index in [4.69, 9.17) is 0 Å². The van der Waals surface area contributed by atoms with Crippen molar-refractivity contribution in [3.8, 4) is 0 Å². The van der Waals surface area contributed by atoms with E-state index in [1.165, 1.54) is 24.3 Å². The molecule has 20 heavy (non-hydrogen) atoms. The fraction of sp³-hybridized carbons (Fsp3) is 0.333. The summed E-state index contributed by atoms with van der Waals surface area (Å²) < 4.78 is 14.7. The molecule has 1 N–H and O–H groups in total. The van der Waals surface area contributed by atoms with Crippen LogP contribution in [0.1, 0.15) is 28.2 Å². The Hall–Kier alpha value is -2.17. The molecule has 0 saturated heterocycles. The Bertz CT molecular complexity index is 590. The Labute approximate surface area is 117 Å². The lowest BCUT2D eigenvalue weighted by Crippen LogP contribution is -2.25. The molecule has 1 amide bonds. The van der Waals surface area contributed by atoms with Gasteiger partial charge in [-0.15, -0.1) is 0 Å². The molecule has 0 aliphatic rings. The van der Waals surface area contributed by atoms with Crippen molar-refractivity contribution >= 4 is 5.91 Å². The summed E-state index contributed by atoms with van der Waals surface area (Å²) in [5.41, 5.74) is 2.59. The fourth-order valence-corrected chi connectivity index (χ4v) is 2.04. The number of rotatable bonds is 5. The van der Waals surface area contributed by atoms with Crippen LogP contribution in [0, 0.1) is 19.7 Å². The zero-order valence-electron chi connectivity index (χ0n) is 11.7. The number of hydrogen-bond acceptors (Lipinski definition) is 2. The lowest BCUT2D eigenvalue weighted by Gasteiger charge is -2.06. The van der Waals surface area contributed by atoms with Gasteiger partial charge in [-0.2, -0.15) is 5.10 Å². The minimum absolute atomic E-state index is 0.182. The first kappa shape index (κ1) is 14.2. The molecule has 5 heteroatoms. The lowest BCUT2D eigenvalue weighted by molar-refractivity contribution is 0.0952. The van der Waals surface area contributed by atoms with Gasteiger partial charge in [0, 0.05) is 24.3 Å². The van der Waals surface area contributed by atoms with E-state index in [1.807, 2.05) is 24.6 Å². The molecule has 2 rings (SSSR count). The molecule has 0 radical (unpaired) electrons. The number of nitrogens with zero attached hydrogens (tertiary/aromatic N) is 2. The quantitative estimate of drug-likeness (QED) is 0.852. The monoisotopic (exact) mass is 275 g/mol. The van der Waals surface area contributed by atoms with Crippen molar-refractivity contribution in [2.75, 3.05) is 6.54 Å². The normalized spacial score (nSPS) is 10.6. The van der Waals surface area contributed by atoms with Crippen LogP contribution < -0.4 is 5.32 Å². The summed E-state index contributed by atoms with van der Waals surface area (Å²) in [6.07, 6.45) is 0.800. The van der Waals surface area contributed by atoms with Gasteiger partial charge in [-0.3, -0.25) is 9.48 Å². The Morgan fingerprint density at radius 1 is 1.30 bits per heavy atom. The average molecular weight is 275 g/mol. The second kappa shape index (κ2) is 6.32. The fourth-order valence-electron chi connectivity index (χ4n) is 2.04. The summed E-state index contributed by atoms with van der Waals surface area (Å²) in [7, 11) is 0. The number of carbonyl (C=O) groups excluding carboxylic acids is 1. The Morgan fingerprint density at radius 2 is 2.00 bits per heavy atom. The van der Waals surface area contributed by atoms with Crippen LogP contribution in [-0.4, -0.2) is 22.2 Å². The van der Waals surface area contributed by atoms with E-state index in [0.717, 1.165) is 24.4 Å². The molecule has 4 nitrogen and oxygen atoms in total. The molecule has 0 atom stereocenters. The van der Waals surface area contributed by atoms with Crippen LogP contribution in [0.4, 0.5) is 4.39 Å². The van der Waals surface area contributed by atoms with E-state index in [-0.39, 0.29) is 11.7 Å². The van der Waals surface area contributed by atoms with Gasteiger partial charge in [0.25, 0.3) is 5.91 Å². The molecule has 0 spiro atoms. The molecule has 106 valence electrons. The number of aromatic nitrogens is 2. The van der Waals surface area contributed by atoms with Gasteiger partial charge in [-0.05, 0) is 50.6 Å². The molecule has 0 unspecified atom stereocenters. The number of aryl methyl sites for hydroxylation is 3. The third kappa shape index (κ3) is 3.66. The highest BCUT2D eigenvalue weighted by atomic mass is 19.1. The van der Waals surface area contributed by atoms with Gasteiger partial charge in [0.05, 0.1) is 5.69 Å². The van der Waals surface area contributed by atoms with Crippen LogP contribution >= 0.6 is 0 Å². The number of nitrogens with one attached hydrogen (secondary N) is 1. The van der Waals surface area contributed by atoms with E-state index in [1.54, 1.807) is 0 Å². The second-order valence-electron chi connectivity index (χ2n) is 4.77. The number of carbonyl (C=O) groups is 1. The van der Waals surface area contributed by atoms with Crippen LogP contribution in [0.2, 0.25) is 0 Å². The summed E-state index contributed by atoms with van der Waals surface area (Å²) >= 11 is 0. The van der Waals surface area contributed by atoms with Gasteiger partial charge in [0.15, 0.2) is 0 Å². The zero-order valence-corrected chi connectivity index (χ0v) is 11.7. The Kier molecular flexibility index (Phi) is 4.50. The van der Waals surface area contributed by atoms with Crippen molar-refractivity contribution in [2.24, 2.45) is 0 Å². The molecule has 1 heterocycles. The molecular formula is C15H18FN3O. The summed E-state index contributed by atoms with van der Waals surface area (Å²) in [6, 6.07) is 7.55. The van der Waals surface area contributed by atoms with Crippen LogP contribution in [-0.2, 0) is 6.54 Å². The highest BCUT2D eigenvalue weighted by Crippen LogP contribution is 2.04. The maximum atomic E-state index is 12.7. The van der Waals surface area contributed by atoms with E-state index in [9.17, 15) is 9.18 Å². The van der Waals surface area contributed by atoms with E-state index >= 15 is 0 Å². The predicted octanol–water partition coefficient (Wildman–Crippen LogP) is 2.46. The van der Waals surface area contributed by atoms with E-state index in [0.29, 0.717) is 12.1 Å². The van der Waals surface area contributed by atoms with Crippen molar-refractivity contribution in [2.45, 2.75) is 26.8 Å². The van der Waals surface area contributed by atoms with E-state index < -0.39 is 0 Å². The number of hydrogen-bond donors (Lipinski definition) is 1. The molecule has 2 aromatic rings. The van der Waals surface area contributed by atoms with Crippen molar-refractivity contribution < 1.29 is 9.18 Å². The third-order valence-corrected chi connectivity index (χ3v) is 3.04. The van der Waals surface area contributed by atoms with Crippen molar-refractivity contribution in [3.63, 3.8) is 0 Å². The van der Waals surface area contributed by atoms with Crippen LogP contribution in [0.15, 0.2) is 30.3 Å². The summed E-state index contributed by atoms with van der Waals surface area (Å²) in [4.78, 5) is 11.8. The van der Waals surface area contributed by atoms with E-state index in [2.05, 4.69) is 10.4 Å². The maximum absolute atomic E-state index is 12.7. The Morgan fingerprint density at radius 3 is 2.60 bits per heavy atom. The average Bonchev–Trinajstić information content (AvgIpc) is 2.73. The summed E-state index contributed by atoms with van der Waals surface area (Å²) in [6.45, 7) is 5.30. The lowest BCUT2D eigenvalue weighted by atomic mass is 10.2. The largest absolute Gasteiger partial charge is 0.352 e. The van der Waals surface area contributed by atoms with Gasteiger partial charge in [0.2, 0.25) is 0 Å².